The van der Waals surface area contributed by atoms with Crippen LogP contribution >= 0.6 is 0 Å². The molecule has 0 fully saturated rings. The summed E-state index contributed by atoms with van der Waals surface area (Å²) in [7, 11) is 0. The van der Waals surface area contributed by atoms with Crippen LogP contribution in [0.15, 0.2) is 108 Å². The highest BCUT2D eigenvalue weighted by Crippen LogP contribution is 2.37. The Bertz CT molecular complexity index is 1580. The van der Waals surface area contributed by atoms with Crippen LogP contribution < -0.4 is 0 Å². The van der Waals surface area contributed by atoms with Gasteiger partial charge in [0.15, 0.2) is 0 Å². The van der Waals surface area contributed by atoms with Crippen molar-refractivity contribution in [2.75, 3.05) is 0 Å². The minimum atomic E-state index is 0.751. The predicted octanol–water partition coefficient (Wildman–Crippen LogP) is 7.61. The molecule has 158 valence electrons. The molecular formula is C30H22N2O. The minimum Gasteiger partial charge on any atom is -0.455 e. The Labute approximate surface area is 192 Å². The summed E-state index contributed by atoms with van der Waals surface area (Å²) >= 11 is 0. The number of aryl methyl sites for hydroxylation is 1. The molecule has 0 N–H and O–H groups in total. The van der Waals surface area contributed by atoms with Crippen molar-refractivity contribution in [1.82, 2.24) is 9.97 Å². The maximum Gasteiger partial charge on any atom is 0.148 e. The molecular weight excluding hydrogens is 404 g/mol. The second-order valence-corrected chi connectivity index (χ2v) is 8.33. The van der Waals surface area contributed by atoms with Gasteiger partial charge in [-0.25, -0.2) is 0 Å². The second-order valence-electron chi connectivity index (χ2n) is 8.33. The van der Waals surface area contributed by atoms with Gasteiger partial charge in [-0.15, -0.1) is 0 Å². The molecule has 3 heterocycles. The molecule has 3 nitrogen and oxygen atoms in total. The molecule has 0 unspecified atom stereocenters. The average molecular weight is 427 g/mol. The molecule has 0 atom stereocenters. The average Bonchev–Trinajstić information content (AvgIpc) is 3.25. The van der Waals surface area contributed by atoms with E-state index < -0.39 is 0 Å². The van der Waals surface area contributed by atoms with E-state index in [-0.39, 0.29) is 0 Å². The van der Waals surface area contributed by atoms with Gasteiger partial charge in [0.2, 0.25) is 0 Å². The molecule has 0 bridgehead atoms. The smallest absolute Gasteiger partial charge is 0.148 e. The number of furan rings is 1. The predicted molar refractivity (Wildman–Crippen MR) is 134 cm³/mol. The van der Waals surface area contributed by atoms with E-state index in [4.69, 9.17) is 14.4 Å². The topological polar surface area (TPSA) is 38.9 Å². The van der Waals surface area contributed by atoms with Crippen LogP contribution in [-0.4, -0.2) is 9.97 Å². The summed E-state index contributed by atoms with van der Waals surface area (Å²) in [6.45, 7) is 2.13. The lowest BCUT2D eigenvalue weighted by Gasteiger charge is -2.10. The molecule has 33 heavy (non-hydrogen) atoms. The van der Waals surface area contributed by atoms with E-state index in [2.05, 4.69) is 67.6 Å². The SMILES string of the molecule is Cc1cc(-c2cnc(Cc3ccccc3)c3c2oc2ccccc23)ncc1-c1ccccc1. The first-order chi connectivity index (χ1) is 16.3. The highest BCUT2D eigenvalue weighted by atomic mass is 16.3. The number of aromatic nitrogens is 2. The first-order valence-electron chi connectivity index (χ1n) is 11.1. The van der Waals surface area contributed by atoms with Gasteiger partial charge in [0.1, 0.15) is 11.2 Å². The van der Waals surface area contributed by atoms with Crippen molar-refractivity contribution in [3.8, 4) is 22.4 Å². The van der Waals surface area contributed by atoms with Crippen LogP contribution in [0.25, 0.3) is 44.3 Å². The molecule has 0 saturated heterocycles. The number of pyridine rings is 2. The van der Waals surface area contributed by atoms with Gasteiger partial charge in [0, 0.05) is 29.8 Å². The van der Waals surface area contributed by atoms with Gasteiger partial charge in [0.25, 0.3) is 0 Å². The number of hydrogen-bond donors (Lipinski definition) is 0. The van der Waals surface area contributed by atoms with E-state index in [1.54, 1.807) is 0 Å². The van der Waals surface area contributed by atoms with Gasteiger partial charge in [-0.3, -0.25) is 9.97 Å². The Balaban J connectivity index is 1.53. The normalized spacial score (nSPS) is 11.3. The van der Waals surface area contributed by atoms with Gasteiger partial charge in [-0.05, 0) is 35.7 Å². The van der Waals surface area contributed by atoms with Crippen molar-refractivity contribution in [3.63, 3.8) is 0 Å². The van der Waals surface area contributed by atoms with Crippen LogP contribution in [0, 0.1) is 6.92 Å². The van der Waals surface area contributed by atoms with Crippen LogP contribution in [0.1, 0.15) is 16.8 Å². The molecule has 0 saturated carbocycles. The summed E-state index contributed by atoms with van der Waals surface area (Å²) in [5, 5.41) is 2.16. The third-order valence-electron chi connectivity index (χ3n) is 6.16. The molecule has 6 aromatic rings. The number of benzene rings is 3. The van der Waals surface area contributed by atoms with Gasteiger partial charge in [-0.1, -0.05) is 78.9 Å². The third-order valence-corrected chi connectivity index (χ3v) is 6.16. The van der Waals surface area contributed by atoms with Crippen LogP contribution in [0.4, 0.5) is 0 Å². The molecule has 0 radical (unpaired) electrons. The lowest BCUT2D eigenvalue weighted by Crippen LogP contribution is -1.96. The first-order valence-corrected chi connectivity index (χ1v) is 11.1. The van der Waals surface area contributed by atoms with Crippen molar-refractivity contribution in [3.05, 3.63) is 120 Å². The number of hydrogen-bond acceptors (Lipinski definition) is 3. The monoisotopic (exact) mass is 426 g/mol. The summed E-state index contributed by atoms with van der Waals surface area (Å²) in [6, 6.07) is 31.1. The summed E-state index contributed by atoms with van der Waals surface area (Å²) in [4.78, 5) is 9.73. The number of nitrogens with zero attached hydrogens (tertiary/aromatic N) is 2. The lowest BCUT2D eigenvalue weighted by atomic mass is 9.99. The lowest BCUT2D eigenvalue weighted by molar-refractivity contribution is 0.669. The zero-order chi connectivity index (χ0) is 22.2. The fraction of sp³-hybridized carbons (Fsp3) is 0.0667. The van der Waals surface area contributed by atoms with E-state index in [0.29, 0.717) is 0 Å². The zero-order valence-electron chi connectivity index (χ0n) is 18.3. The number of para-hydroxylation sites is 1. The first kappa shape index (κ1) is 19.4. The Kier molecular flexibility index (Phi) is 4.73. The van der Waals surface area contributed by atoms with Crippen LogP contribution in [0.2, 0.25) is 0 Å². The summed E-state index contributed by atoms with van der Waals surface area (Å²) in [5.74, 6) is 0. The molecule has 0 aliphatic rings. The largest absolute Gasteiger partial charge is 0.455 e. The molecule has 3 heteroatoms. The highest BCUT2D eigenvalue weighted by Gasteiger charge is 2.18. The molecule has 0 spiro atoms. The summed E-state index contributed by atoms with van der Waals surface area (Å²) in [6.07, 6.45) is 4.61. The van der Waals surface area contributed by atoms with Gasteiger partial charge >= 0.3 is 0 Å². The molecule has 3 aromatic heterocycles. The Hall–Kier alpha value is -4.24. The number of fused-ring (bicyclic) bond motifs is 3. The molecule has 6 rings (SSSR count). The maximum atomic E-state index is 6.39. The van der Waals surface area contributed by atoms with Crippen molar-refractivity contribution >= 4 is 21.9 Å². The van der Waals surface area contributed by atoms with Crippen molar-refractivity contribution in [2.24, 2.45) is 0 Å². The van der Waals surface area contributed by atoms with E-state index >= 15 is 0 Å². The van der Waals surface area contributed by atoms with Crippen molar-refractivity contribution in [2.45, 2.75) is 13.3 Å². The maximum absolute atomic E-state index is 6.39. The highest BCUT2D eigenvalue weighted by molar-refractivity contribution is 6.10. The molecule has 0 aliphatic carbocycles. The van der Waals surface area contributed by atoms with Crippen molar-refractivity contribution < 1.29 is 4.42 Å². The fourth-order valence-electron chi connectivity index (χ4n) is 4.52. The van der Waals surface area contributed by atoms with Crippen LogP contribution in [0.5, 0.6) is 0 Å². The summed E-state index contributed by atoms with van der Waals surface area (Å²) < 4.78 is 6.39. The zero-order valence-corrected chi connectivity index (χ0v) is 18.3. The van der Waals surface area contributed by atoms with Crippen molar-refractivity contribution in [1.29, 1.82) is 0 Å². The van der Waals surface area contributed by atoms with Gasteiger partial charge in [-0.2, -0.15) is 0 Å². The molecule has 3 aromatic carbocycles. The fourth-order valence-corrected chi connectivity index (χ4v) is 4.52. The third kappa shape index (κ3) is 3.48. The van der Waals surface area contributed by atoms with Crippen LogP contribution in [0.3, 0.4) is 0 Å². The standard InChI is InChI=1S/C30H22N2O/c1-20-16-26(31-18-24(20)22-12-6-3-7-13-22)25-19-32-27(17-21-10-4-2-5-11-21)29-23-14-8-9-15-28(23)33-30(25)29/h2-16,18-19H,17H2,1H3. The van der Waals surface area contributed by atoms with E-state index in [1.165, 1.54) is 16.7 Å². The summed E-state index contributed by atoms with van der Waals surface area (Å²) in [5.41, 5.74) is 9.21. The van der Waals surface area contributed by atoms with Gasteiger partial charge in [0.05, 0.1) is 22.3 Å². The minimum absolute atomic E-state index is 0.751. The molecule has 0 aliphatic heterocycles. The van der Waals surface area contributed by atoms with E-state index in [9.17, 15) is 0 Å². The second kappa shape index (κ2) is 8.03. The van der Waals surface area contributed by atoms with E-state index in [1.807, 2.05) is 42.7 Å². The van der Waals surface area contributed by atoms with Gasteiger partial charge < -0.3 is 4.42 Å². The molecule has 0 amide bonds. The van der Waals surface area contributed by atoms with E-state index in [0.717, 1.165) is 50.9 Å². The quantitative estimate of drug-likeness (QED) is 0.291. The Morgan fingerprint density at radius 2 is 1.42 bits per heavy atom. The van der Waals surface area contributed by atoms with Crippen LogP contribution in [-0.2, 0) is 6.42 Å². The number of rotatable bonds is 4. The Morgan fingerprint density at radius 3 is 2.21 bits per heavy atom. The Morgan fingerprint density at radius 1 is 0.727 bits per heavy atom.